The minimum absolute atomic E-state index is 0. The molecule has 0 saturated carbocycles. The molecule has 0 amide bonds. The number of hydrogen-bond acceptors (Lipinski definition) is 1. The van der Waals surface area contributed by atoms with Crippen LogP contribution in [0.25, 0.3) is 0 Å². The molecule has 0 aromatic heterocycles. The van der Waals surface area contributed by atoms with E-state index in [4.69, 9.17) is 9.46 Å². The number of hydrogen-bond donors (Lipinski definition) is 1. The van der Waals surface area contributed by atoms with Crippen molar-refractivity contribution in [3.8, 4) is 0 Å². The average Bonchev–Trinajstić information content (AvgIpc) is 0.918. The van der Waals surface area contributed by atoms with E-state index in [0.717, 1.165) is 0 Å². The predicted octanol–water partition coefficient (Wildman–Crippen LogP) is -1.27. The van der Waals surface area contributed by atoms with Gasteiger partial charge in [0, 0.05) is 0 Å². The van der Waals surface area contributed by atoms with E-state index >= 15 is 0 Å². The molecular weight excluding hydrogens is 270 g/mol. The summed E-state index contributed by atoms with van der Waals surface area (Å²) in [5.41, 5.74) is 0. The fourth-order valence-electron chi connectivity index (χ4n) is 0. The van der Waals surface area contributed by atoms with Gasteiger partial charge in [0.05, 0.1) is 0 Å². The van der Waals surface area contributed by atoms with Crippen LogP contribution in [0.1, 0.15) is 0 Å². The SMILES string of the molecule is O=[PH2]O.[PbH2]. The maximum atomic E-state index is 8.57. The number of rotatable bonds is 0. The van der Waals surface area contributed by atoms with Gasteiger partial charge in [-0.3, -0.25) is 4.57 Å². The van der Waals surface area contributed by atoms with E-state index in [1.165, 1.54) is 0 Å². The first kappa shape index (κ1) is 8.93. The van der Waals surface area contributed by atoms with E-state index in [-0.39, 0.29) is 27.3 Å². The molecule has 1 unspecified atom stereocenters. The van der Waals surface area contributed by atoms with E-state index < -0.39 is 8.69 Å². The first-order chi connectivity index (χ1) is 1.41. The van der Waals surface area contributed by atoms with Gasteiger partial charge in [-0.25, -0.2) is 0 Å². The van der Waals surface area contributed by atoms with E-state index in [2.05, 4.69) is 0 Å². The monoisotopic (exact) mass is 276 g/mol. The Morgan fingerprint density at radius 2 is 1.75 bits per heavy atom. The van der Waals surface area contributed by atoms with Crippen LogP contribution in [0.5, 0.6) is 0 Å². The molecule has 4 heavy (non-hydrogen) atoms. The minimum atomic E-state index is -1.50. The summed E-state index contributed by atoms with van der Waals surface area (Å²) in [7, 11) is -1.50. The zero-order valence-electron chi connectivity index (χ0n) is 2.14. The summed E-state index contributed by atoms with van der Waals surface area (Å²) >= 11 is 0. The van der Waals surface area contributed by atoms with Gasteiger partial charge in [-0.15, -0.1) is 0 Å². The molecule has 0 saturated heterocycles. The third-order valence-corrected chi connectivity index (χ3v) is 0. The van der Waals surface area contributed by atoms with Crippen molar-refractivity contribution in [1.82, 2.24) is 0 Å². The van der Waals surface area contributed by atoms with Gasteiger partial charge in [-0.1, -0.05) is 0 Å². The van der Waals surface area contributed by atoms with Crippen molar-refractivity contribution in [2.24, 2.45) is 0 Å². The van der Waals surface area contributed by atoms with Gasteiger partial charge in [-0.05, 0) is 0 Å². The molecular formula is H5O2PPb. The summed E-state index contributed by atoms with van der Waals surface area (Å²) in [5.74, 6) is 0. The summed E-state index contributed by atoms with van der Waals surface area (Å²) < 4.78 is 8.57. The normalized spacial score (nSPS) is 7.25. The van der Waals surface area contributed by atoms with Gasteiger partial charge in [0.1, 0.15) is 0 Å². The fourth-order valence-corrected chi connectivity index (χ4v) is 0. The second kappa shape index (κ2) is 8.93. The zero-order chi connectivity index (χ0) is 2.71. The quantitative estimate of drug-likeness (QED) is 0.442. The molecule has 0 aromatic rings. The van der Waals surface area contributed by atoms with Crippen molar-refractivity contribution in [2.45, 2.75) is 0 Å². The van der Waals surface area contributed by atoms with Crippen LogP contribution in [-0.4, -0.2) is 32.2 Å². The van der Waals surface area contributed by atoms with Crippen molar-refractivity contribution in [3.05, 3.63) is 0 Å². The van der Waals surface area contributed by atoms with Crippen LogP contribution in [0.2, 0.25) is 0 Å². The molecule has 2 nitrogen and oxygen atoms in total. The molecule has 0 aliphatic heterocycles. The predicted molar refractivity (Wildman–Crippen MR) is 21.2 cm³/mol. The standard InChI is InChI=1S/H3O2P.Pb.2H/c1-3-2;;;/h3H2,(H,1,2);;;. The molecule has 0 aliphatic carbocycles. The Morgan fingerprint density at radius 3 is 1.75 bits per heavy atom. The van der Waals surface area contributed by atoms with Crippen molar-refractivity contribution < 1.29 is 9.46 Å². The summed E-state index contributed by atoms with van der Waals surface area (Å²) in [4.78, 5) is 7.10. The Morgan fingerprint density at radius 1 is 1.75 bits per heavy atom. The van der Waals surface area contributed by atoms with Gasteiger partial charge < -0.3 is 4.89 Å². The summed E-state index contributed by atoms with van der Waals surface area (Å²) in [6, 6.07) is 0. The van der Waals surface area contributed by atoms with E-state index in [1.807, 2.05) is 0 Å². The van der Waals surface area contributed by atoms with Gasteiger partial charge >= 0.3 is 27.3 Å². The Hall–Kier alpha value is 1.11. The zero-order valence-corrected chi connectivity index (χ0v) is 8.79. The molecule has 0 heterocycles. The van der Waals surface area contributed by atoms with Crippen LogP contribution in [0.4, 0.5) is 0 Å². The molecule has 0 aliphatic rings. The topological polar surface area (TPSA) is 37.3 Å². The molecule has 1 atom stereocenters. The Bertz CT molecular complexity index is 13.5. The Balaban J connectivity index is 0. The van der Waals surface area contributed by atoms with Gasteiger partial charge in [0.25, 0.3) is 0 Å². The third kappa shape index (κ3) is 11.2. The van der Waals surface area contributed by atoms with Crippen LogP contribution in [-0.2, 0) is 4.57 Å². The molecule has 4 heteroatoms. The molecule has 1 N–H and O–H groups in total. The van der Waals surface area contributed by atoms with Gasteiger partial charge in [0.2, 0.25) is 0 Å². The first-order valence-corrected chi connectivity index (χ1v) is 1.48. The summed E-state index contributed by atoms with van der Waals surface area (Å²) in [5, 5.41) is 0. The van der Waals surface area contributed by atoms with Crippen LogP contribution in [0.15, 0.2) is 0 Å². The molecule has 0 fully saturated rings. The summed E-state index contributed by atoms with van der Waals surface area (Å²) in [6.07, 6.45) is 0. The molecule has 26 valence electrons. The van der Waals surface area contributed by atoms with Crippen molar-refractivity contribution in [3.63, 3.8) is 0 Å². The fraction of sp³-hybridized carbons (Fsp3) is 0. The van der Waals surface area contributed by atoms with Crippen LogP contribution >= 0.6 is 8.69 Å². The van der Waals surface area contributed by atoms with Crippen LogP contribution in [0, 0.1) is 0 Å². The van der Waals surface area contributed by atoms with E-state index in [9.17, 15) is 0 Å². The first-order valence-electron chi connectivity index (χ1n) is 0.494. The summed E-state index contributed by atoms with van der Waals surface area (Å²) in [6.45, 7) is 0. The van der Waals surface area contributed by atoms with Gasteiger partial charge in [0.15, 0.2) is 8.69 Å². The van der Waals surface area contributed by atoms with Crippen molar-refractivity contribution in [1.29, 1.82) is 0 Å². The van der Waals surface area contributed by atoms with E-state index in [1.54, 1.807) is 0 Å². The molecule has 0 aromatic carbocycles. The second-order valence-corrected chi connectivity index (χ2v) is 0.316. The molecule has 0 rings (SSSR count). The van der Waals surface area contributed by atoms with Crippen molar-refractivity contribution >= 4 is 36.0 Å². The molecule has 0 spiro atoms. The van der Waals surface area contributed by atoms with Crippen molar-refractivity contribution in [2.75, 3.05) is 0 Å². The third-order valence-electron chi connectivity index (χ3n) is 0. The Kier molecular flexibility index (Phi) is 19.9. The maximum absolute atomic E-state index is 8.57. The van der Waals surface area contributed by atoms with Crippen LogP contribution < -0.4 is 0 Å². The average molecular weight is 275 g/mol. The second-order valence-electron chi connectivity index (χ2n) is 0.105. The van der Waals surface area contributed by atoms with Gasteiger partial charge in [-0.2, -0.15) is 0 Å². The Labute approximate surface area is 45.7 Å². The molecule has 2 radical (unpaired) electrons. The van der Waals surface area contributed by atoms with E-state index in [0.29, 0.717) is 0 Å². The molecule has 0 bridgehead atoms. The van der Waals surface area contributed by atoms with Crippen LogP contribution in [0.3, 0.4) is 0 Å².